The Morgan fingerprint density at radius 3 is 2.53 bits per heavy atom. The van der Waals surface area contributed by atoms with Gasteiger partial charge in [-0.2, -0.15) is 0 Å². The average Bonchev–Trinajstić information content (AvgIpc) is 2.39. The Kier molecular flexibility index (Phi) is 3.67. The van der Waals surface area contributed by atoms with Crippen LogP contribution in [0.25, 0.3) is 0 Å². The fourth-order valence-electron chi connectivity index (χ4n) is 1.43. The first-order chi connectivity index (χ1) is 9.09. The molecule has 0 spiro atoms. The minimum atomic E-state index is -0.601. The molecule has 96 valence electrons. The third kappa shape index (κ3) is 2.83. The molecule has 6 nitrogen and oxygen atoms in total. The summed E-state index contributed by atoms with van der Waals surface area (Å²) in [7, 11) is 0. The summed E-state index contributed by atoms with van der Waals surface area (Å²) < 4.78 is 5.52. The summed E-state index contributed by atoms with van der Waals surface area (Å²) in [6, 6.07) is 6.53. The Hall–Kier alpha value is -2.54. The normalized spacial score (nSPS) is 9.89. The van der Waals surface area contributed by atoms with Gasteiger partial charge in [0.05, 0.1) is 5.56 Å². The number of carbonyl (C=O) groups is 1. The molecule has 0 bridgehead atoms. The van der Waals surface area contributed by atoms with Gasteiger partial charge in [0.1, 0.15) is 10.7 Å². The van der Waals surface area contributed by atoms with Crippen LogP contribution in [-0.4, -0.2) is 20.9 Å². The van der Waals surface area contributed by atoms with Crippen molar-refractivity contribution in [3.63, 3.8) is 0 Å². The molecular weight excluding hydrogens is 264 g/mol. The molecule has 0 radical (unpaired) electrons. The number of ether oxygens (including phenoxy) is 1. The van der Waals surface area contributed by atoms with E-state index in [0.29, 0.717) is 0 Å². The van der Waals surface area contributed by atoms with E-state index in [-0.39, 0.29) is 27.9 Å². The van der Waals surface area contributed by atoms with Crippen LogP contribution in [0.1, 0.15) is 16.1 Å². The maximum atomic E-state index is 11.3. The van der Waals surface area contributed by atoms with E-state index in [9.17, 15) is 4.79 Å². The number of thiocarbonyl (C=S) groups is 1. The number of nitrogens with zero attached hydrogens (tertiary/aromatic N) is 2. The van der Waals surface area contributed by atoms with Crippen LogP contribution in [0.5, 0.6) is 11.6 Å². The van der Waals surface area contributed by atoms with E-state index in [4.69, 9.17) is 28.4 Å². The molecule has 1 aromatic carbocycles. The van der Waals surface area contributed by atoms with Crippen molar-refractivity contribution in [2.75, 3.05) is 0 Å². The van der Waals surface area contributed by atoms with Gasteiger partial charge in [-0.05, 0) is 12.1 Å². The van der Waals surface area contributed by atoms with Gasteiger partial charge in [-0.15, -0.1) is 0 Å². The molecule has 4 N–H and O–H groups in total. The fourth-order valence-corrected chi connectivity index (χ4v) is 1.57. The number of amides is 1. The number of hydrogen-bond acceptors (Lipinski definition) is 5. The zero-order chi connectivity index (χ0) is 13.8. The maximum absolute atomic E-state index is 11.3. The topological polar surface area (TPSA) is 104 Å². The lowest BCUT2D eigenvalue weighted by Gasteiger charge is -2.10. The minimum absolute atomic E-state index is 0.0552. The number of benzene rings is 1. The molecule has 0 saturated carbocycles. The van der Waals surface area contributed by atoms with E-state index < -0.39 is 5.91 Å². The van der Waals surface area contributed by atoms with E-state index >= 15 is 0 Å². The Balaban J connectivity index is 2.42. The number of para-hydroxylation sites is 1. The van der Waals surface area contributed by atoms with Gasteiger partial charge in [0, 0.05) is 12.4 Å². The van der Waals surface area contributed by atoms with Crippen molar-refractivity contribution in [3.05, 3.63) is 47.9 Å². The van der Waals surface area contributed by atoms with E-state index in [1.807, 2.05) is 0 Å². The molecule has 0 aliphatic carbocycles. The van der Waals surface area contributed by atoms with Crippen LogP contribution in [-0.2, 0) is 0 Å². The van der Waals surface area contributed by atoms with Crippen LogP contribution in [0.2, 0.25) is 0 Å². The third-order valence-corrected chi connectivity index (χ3v) is 2.45. The highest BCUT2D eigenvalue weighted by Gasteiger charge is 2.14. The molecule has 7 heteroatoms. The molecule has 0 aliphatic heterocycles. The van der Waals surface area contributed by atoms with Gasteiger partial charge in [-0.1, -0.05) is 24.4 Å². The molecule has 0 atom stereocenters. The SMILES string of the molecule is NC(=O)c1ccccc1Oc1nccnc1C(N)=S. The summed E-state index contributed by atoms with van der Waals surface area (Å²) in [5.74, 6) is -0.201. The van der Waals surface area contributed by atoms with Crippen LogP contribution in [0.3, 0.4) is 0 Å². The molecule has 0 aliphatic rings. The third-order valence-electron chi connectivity index (χ3n) is 2.26. The lowest BCUT2D eigenvalue weighted by Crippen LogP contribution is -2.15. The highest BCUT2D eigenvalue weighted by atomic mass is 32.1. The summed E-state index contributed by atoms with van der Waals surface area (Å²) in [6.45, 7) is 0. The first kappa shape index (κ1) is 12.9. The molecular formula is C12H10N4O2S. The van der Waals surface area contributed by atoms with E-state index in [1.165, 1.54) is 12.4 Å². The molecule has 2 rings (SSSR count). The largest absolute Gasteiger partial charge is 0.436 e. The highest BCUT2D eigenvalue weighted by molar-refractivity contribution is 7.80. The van der Waals surface area contributed by atoms with Crippen molar-refractivity contribution in [2.24, 2.45) is 11.5 Å². The second-order valence-electron chi connectivity index (χ2n) is 3.54. The maximum Gasteiger partial charge on any atom is 0.252 e. The summed E-state index contributed by atoms with van der Waals surface area (Å²) in [5.41, 5.74) is 11.3. The average molecular weight is 274 g/mol. The van der Waals surface area contributed by atoms with Crippen molar-refractivity contribution in [2.45, 2.75) is 0 Å². The Bertz CT molecular complexity index is 590. The van der Waals surface area contributed by atoms with Gasteiger partial charge in [0.25, 0.3) is 5.91 Å². The Morgan fingerprint density at radius 2 is 1.84 bits per heavy atom. The molecule has 0 unspecified atom stereocenters. The van der Waals surface area contributed by atoms with Gasteiger partial charge in [-0.25, -0.2) is 9.97 Å². The van der Waals surface area contributed by atoms with Crippen molar-refractivity contribution in [3.8, 4) is 11.6 Å². The van der Waals surface area contributed by atoms with E-state index in [1.54, 1.807) is 24.3 Å². The number of aromatic nitrogens is 2. The number of nitrogens with two attached hydrogens (primary N) is 2. The van der Waals surface area contributed by atoms with Crippen molar-refractivity contribution in [1.29, 1.82) is 0 Å². The van der Waals surface area contributed by atoms with Gasteiger partial charge >= 0.3 is 0 Å². The van der Waals surface area contributed by atoms with Gasteiger partial charge in [-0.3, -0.25) is 4.79 Å². The number of primary amides is 1. The van der Waals surface area contributed by atoms with Gasteiger partial charge < -0.3 is 16.2 Å². The fraction of sp³-hybridized carbons (Fsp3) is 0. The molecule has 1 heterocycles. The first-order valence-corrected chi connectivity index (χ1v) is 5.68. The summed E-state index contributed by atoms with van der Waals surface area (Å²) in [6.07, 6.45) is 2.88. The van der Waals surface area contributed by atoms with E-state index in [2.05, 4.69) is 9.97 Å². The predicted molar refractivity (Wildman–Crippen MR) is 73.0 cm³/mol. The monoisotopic (exact) mass is 274 g/mol. The molecule has 1 amide bonds. The second-order valence-corrected chi connectivity index (χ2v) is 3.98. The lowest BCUT2D eigenvalue weighted by molar-refractivity contribution is 0.0998. The summed E-state index contributed by atoms with van der Waals surface area (Å²) in [4.78, 5) is 19.3. The molecule has 1 aromatic heterocycles. The number of hydrogen-bond donors (Lipinski definition) is 2. The zero-order valence-electron chi connectivity index (χ0n) is 9.74. The van der Waals surface area contributed by atoms with Crippen molar-refractivity contribution in [1.82, 2.24) is 9.97 Å². The van der Waals surface area contributed by atoms with Crippen LogP contribution in [0.15, 0.2) is 36.7 Å². The predicted octanol–water partition coefficient (Wildman–Crippen LogP) is 1.00. The highest BCUT2D eigenvalue weighted by Crippen LogP contribution is 2.25. The Morgan fingerprint density at radius 1 is 1.16 bits per heavy atom. The quantitative estimate of drug-likeness (QED) is 0.806. The lowest BCUT2D eigenvalue weighted by atomic mass is 10.2. The standard InChI is InChI=1S/C12H10N4O2S/c13-10(17)7-3-1-2-4-8(7)18-12-9(11(14)19)15-5-6-16-12/h1-6H,(H2,13,17)(H2,14,19). The van der Waals surface area contributed by atoms with Gasteiger partial charge in [0.2, 0.25) is 5.88 Å². The van der Waals surface area contributed by atoms with E-state index in [0.717, 1.165) is 0 Å². The molecule has 0 saturated heterocycles. The van der Waals surface area contributed by atoms with Crippen LogP contribution in [0.4, 0.5) is 0 Å². The molecule has 2 aromatic rings. The second kappa shape index (κ2) is 5.40. The van der Waals surface area contributed by atoms with Crippen LogP contribution >= 0.6 is 12.2 Å². The van der Waals surface area contributed by atoms with Crippen LogP contribution < -0.4 is 16.2 Å². The van der Waals surface area contributed by atoms with Gasteiger partial charge in [0.15, 0.2) is 5.69 Å². The zero-order valence-corrected chi connectivity index (χ0v) is 10.6. The smallest absolute Gasteiger partial charge is 0.252 e. The first-order valence-electron chi connectivity index (χ1n) is 5.27. The number of rotatable bonds is 4. The Labute approximate surface area is 114 Å². The minimum Gasteiger partial charge on any atom is -0.436 e. The summed E-state index contributed by atoms with van der Waals surface area (Å²) >= 11 is 4.85. The summed E-state index contributed by atoms with van der Waals surface area (Å²) in [5, 5.41) is 0. The van der Waals surface area contributed by atoms with Crippen LogP contribution in [0, 0.1) is 0 Å². The van der Waals surface area contributed by atoms with Crippen molar-refractivity contribution >= 4 is 23.1 Å². The van der Waals surface area contributed by atoms with Crippen molar-refractivity contribution < 1.29 is 9.53 Å². The number of carbonyl (C=O) groups excluding carboxylic acids is 1. The molecule has 0 fully saturated rings. The molecule has 19 heavy (non-hydrogen) atoms.